The van der Waals surface area contributed by atoms with Crippen LogP contribution in [0.25, 0.3) is 10.5 Å². The van der Waals surface area contributed by atoms with Crippen LogP contribution in [0.5, 0.6) is 11.8 Å². The largest absolute Gasteiger partial charge is 0.494 e. The Morgan fingerprint density at radius 3 is 2.76 bits per heavy atom. The SMILES string of the molecule is [C-]#[N+]c1ccccc1-n1c(O)c2c(c1O)C1(C)C=CC2O1. The van der Waals surface area contributed by atoms with Gasteiger partial charge in [-0.25, -0.2) is 4.85 Å². The lowest BCUT2D eigenvalue weighted by molar-refractivity contribution is 0.00856. The average molecular weight is 280 g/mol. The van der Waals surface area contributed by atoms with Gasteiger partial charge in [-0.05, 0) is 19.1 Å². The summed E-state index contributed by atoms with van der Waals surface area (Å²) >= 11 is 0. The van der Waals surface area contributed by atoms with E-state index in [2.05, 4.69) is 4.85 Å². The number of aromatic nitrogens is 1. The third-order valence-electron chi connectivity index (χ3n) is 4.14. The third kappa shape index (κ3) is 1.32. The highest BCUT2D eigenvalue weighted by Crippen LogP contribution is 2.58. The van der Waals surface area contributed by atoms with Crippen molar-refractivity contribution in [3.63, 3.8) is 0 Å². The first-order valence-corrected chi connectivity index (χ1v) is 6.58. The maximum absolute atomic E-state index is 10.6. The highest BCUT2D eigenvalue weighted by atomic mass is 16.5. The van der Waals surface area contributed by atoms with Crippen LogP contribution in [-0.2, 0) is 10.3 Å². The standard InChI is InChI=1S/C16H12N2O3/c1-16-8-7-11(21-16)12-13(16)15(20)18(14(12)19)10-6-4-3-5-9(10)17-2/h3-8,11,19-20H,1H3. The van der Waals surface area contributed by atoms with E-state index in [9.17, 15) is 10.2 Å². The van der Waals surface area contributed by atoms with E-state index in [1.54, 1.807) is 24.3 Å². The molecule has 2 aliphatic heterocycles. The van der Waals surface area contributed by atoms with Crippen LogP contribution in [0.4, 0.5) is 5.69 Å². The summed E-state index contributed by atoms with van der Waals surface area (Å²) in [5.74, 6) is -0.148. The van der Waals surface area contributed by atoms with Crippen LogP contribution < -0.4 is 0 Å². The van der Waals surface area contributed by atoms with E-state index in [4.69, 9.17) is 11.3 Å². The molecule has 21 heavy (non-hydrogen) atoms. The molecule has 2 atom stereocenters. The summed E-state index contributed by atoms with van der Waals surface area (Å²) in [6, 6.07) is 6.86. The zero-order chi connectivity index (χ0) is 14.8. The number of ether oxygens (including phenoxy) is 1. The van der Waals surface area contributed by atoms with E-state index >= 15 is 0 Å². The number of hydrogen-bond donors (Lipinski definition) is 2. The number of fused-ring (bicyclic) bond motifs is 5. The second-order valence-corrected chi connectivity index (χ2v) is 5.38. The Labute approximate surface area is 121 Å². The van der Waals surface area contributed by atoms with Crippen molar-refractivity contribution in [2.75, 3.05) is 0 Å². The first-order chi connectivity index (χ1) is 10.1. The van der Waals surface area contributed by atoms with Gasteiger partial charge in [-0.3, -0.25) is 4.57 Å². The van der Waals surface area contributed by atoms with Gasteiger partial charge in [0.2, 0.25) is 17.4 Å². The molecule has 0 fully saturated rings. The van der Waals surface area contributed by atoms with Crippen molar-refractivity contribution < 1.29 is 14.9 Å². The van der Waals surface area contributed by atoms with Gasteiger partial charge in [-0.15, -0.1) is 0 Å². The second-order valence-electron chi connectivity index (χ2n) is 5.38. The molecule has 2 unspecified atom stereocenters. The number of aromatic hydroxyl groups is 2. The van der Waals surface area contributed by atoms with Gasteiger partial charge >= 0.3 is 0 Å². The molecule has 2 aromatic rings. The molecular formula is C16H12N2O3. The van der Waals surface area contributed by atoms with Gasteiger partial charge in [0.05, 0.1) is 23.4 Å². The normalized spacial score (nSPS) is 25.0. The summed E-state index contributed by atoms with van der Waals surface area (Å²) in [6.07, 6.45) is 3.40. The number of nitrogens with zero attached hydrogens (tertiary/aromatic N) is 2. The van der Waals surface area contributed by atoms with Crippen LogP contribution in [0.3, 0.4) is 0 Å². The van der Waals surface area contributed by atoms with Crippen LogP contribution in [0.15, 0.2) is 36.4 Å². The Balaban J connectivity index is 2.03. The van der Waals surface area contributed by atoms with Crippen molar-refractivity contribution in [3.05, 3.63) is 59.0 Å². The smallest absolute Gasteiger partial charge is 0.210 e. The number of hydrogen-bond acceptors (Lipinski definition) is 3. The molecule has 0 radical (unpaired) electrons. The quantitative estimate of drug-likeness (QED) is 0.622. The fourth-order valence-corrected chi connectivity index (χ4v) is 3.21. The molecule has 0 spiro atoms. The minimum Gasteiger partial charge on any atom is -0.494 e. The Bertz CT molecular complexity index is 844. The fourth-order valence-electron chi connectivity index (χ4n) is 3.21. The molecule has 0 amide bonds. The molecule has 3 heterocycles. The summed E-state index contributed by atoms with van der Waals surface area (Å²) in [4.78, 5) is 3.44. The molecule has 5 heteroatoms. The first-order valence-electron chi connectivity index (χ1n) is 6.58. The molecule has 0 aliphatic carbocycles. The second kappa shape index (κ2) is 3.68. The minimum atomic E-state index is -0.722. The van der Waals surface area contributed by atoms with Crippen molar-refractivity contribution >= 4 is 5.69 Å². The van der Waals surface area contributed by atoms with Crippen LogP contribution in [0.1, 0.15) is 24.2 Å². The zero-order valence-electron chi connectivity index (χ0n) is 11.2. The lowest BCUT2D eigenvalue weighted by Crippen LogP contribution is -2.14. The molecular weight excluding hydrogens is 268 g/mol. The number of para-hydroxylation sites is 2. The minimum absolute atomic E-state index is 0.0725. The van der Waals surface area contributed by atoms with Gasteiger partial charge in [0.15, 0.2) is 0 Å². The van der Waals surface area contributed by atoms with Gasteiger partial charge in [0.1, 0.15) is 11.7 Å². The van der Waals surface area contributed by atoms with Gasteiger partial charge in [0.25, 0.3) is 0 Å². The van der Waals surface area contributed by atoms with E-state index in [1.165, 1.54) is 4.57 Å². The number of rotatable bonds is 1. The Kier molecular flexibility index (Phi) is 2.12. The van der Waals surface area contributed by atoms with Gasteiger partial charge in [-0.2, -0.15) is 0 Å². The Morgan fingerprint density at radius 1 is 1.29 bits per heavy atom. The molecule has 2 N–H and O–H groups in total. The molecule has 1 aromatic carbocycles. The van der Waals surface area contributed by atoms with E-state index in [1.807, 2.05) is 19.1 Å². The third-order valence-corrected chi connectivity index (χ3v) is 4.14. The summed E-state index contributed by atoms with van der Waals surface area (Å²) in [5.41, 5.74) is 1.26. The van der Waals surface area contributed by atoms with E-state index < -0.39 is 5.60 Å². The van der Waals surface area contributed by atoms with Crippen molar-refractivity contribution in [1.29, 1.82) is 0 Å². The molecule has 0 saturated heterocycles. The van der Waals surface area contributed by atoms with Crippen LogP contribution in [-0.4, -0.2) is 14.8 Å². The summed E-state index contributed by atoms with van der Waals surface area (Å²) < 4.78 is 7.09. The summed E-state index contributed by atoms with van der Waals surface area (Å²) in [5, 5.41) is 21.1. The predicted octanol–water partition coefficient (Wildman–Crippen LogP) is 3.30. The van der Waals surface area contributed by atoms with E-state index in [-0.39, 0.29) is 17.9 Å². The molecule has 4 rings (SSSR count). The summed E-state index contributed by atoms with van der Waals surface area (Å²) in [6.45, 7) is 9.08. The van der Waals surface area contributed by atoms with Crippen LogP contribution >= 0.6 is 0 Å². The average Bonchev–Trinajstić information content (AvgIpc) is 3.08. The van der Waals surface area contributed by atoms with Gasteiger partial charge < -0.3 is 14.9 Å². The monoisotopic (exact) mass is 280 g/mol. The zero-order valence-corrected chi connectivity index (χ0v) is 11.2. The molecule has 2 bridgehead atoms. The number of benzene rings is 1. The van der Waals surface area contributed by atoms with Gasteiger partial charge in [-0.1, -0.05) is 24.3 Å². The maximum atomic E-state index is 10.6. The van der Waals surface area contributed by atoms with Crippen LogP contribution in [0, 0.1) is 6.57 Å². The van der Waals surface area contributed by atoms with Crippen molar-refractivity contribution in [2.45, 2.75) is 18.6 Å². The fraction of sp³-hybridized carbons (Fsp3) is 0.188. The molecule has 5 nitrogen and oxygen atoms in total. The Hall–Kier alpha value is -2.71. The first kappa shape index (κ1) is 12.1. The molecule has 0 saturated carbocycles. The lowest BCUT2D eigenvalue weighted by Gasteiger charge is -2.18. The van der Waals surface area contributed by atoms with Gasteiger partial charge in [0, 0.05) is 0 Å². The Morgan fingerprint density at radius 2 is 2.05 bits per heavy atom. The van der Waals surface area contributed by atoms with Crippen LogP contribution in [0.2, 0.25) is 0 Å². The van der Waals surface area contributed by atoms with Crippen molar-refractivity contribution in [3.8, 4) is 17.4 Å². The van der Waals surface area contributed by atoms with Crippen molar-refractivity contribution in [2.24, 2.45) is 0 Å². The topological polar surface area (TPSA) is 59.0 Å². The summed E-state index contributed by atoms with van der Waals surface area (Å²) in [7, 11) is 0. The maximum Gasteiger partial charge on any atom is 0.210 e. The van der Waals surface area contributed by atoms with E-state index in [0.717, 1.165) is 0 Å². The lowest BCUT2D eigenvalue weighted by atomic mass is 9.91. The molecule has 2 aliphatic rings. The highest BCUT2D eigenvalue weighted by molar-refractivity contribution is 5.68. The predicted molar refractivity (Wildman–Crippen MR) is 75.7 cm³/mol. The molecule has 104 valence electrons. The highest BCUT2D eigenvalue weighted by Gasteiger charge is 2.50. The van der Waals surface area contributed by atoms with E-state index in [0.29, 0.717) is 22.5 Å². The molecule has 1 aromatic heterocycles. The van der Waals surface area contributed by atoms with Crippen molar-refractivity contribution in [1.82, 2.24) is 4.57 Å².